The molecule has 29 heavy (non-hydrogen) atoms. The number of ether oxygens (including phenoxy) is 2. The summed E-state index contributed by atoms with van der Waals surface area (Å²) < 4.78 is 11.4. The average molecular weight is 396 g/mol. The molecule has 6 nitrogen and oxygen atoms in total. The standard InChI is InChI=1S/C23H29N3O3/c27-22(21-15-19(25-26-21)16-29-20-9-5-2-6-10-20)24-17-23(11-13-28-14-12-23)18-7-3-1-4-8-18/h1-10,19,21,25-26H,11-17H2,(H,24,27). The van der Waals surface area contributed by atoms with Crippen LogP contribution < -0.4 is 20.9 Å². The van der Waals surface area contributed by atoms with Crippen LogP contribution in [-0.2, 0) is 14.9 Å². The van der Waals surface area contributed by atoms with Gasteiger partial charge in [0.25, 0.3) is 0 Å². The van der Waals surface area contributed by atoms with Crippen molar-refractivity contribution >= 4 is 5.91 Å². The molecule has 2 saturated heterocycles. The highest BCUT2D eigenvalue weighted by molar-refractivity contribution is 5.82. The topological polar surface area (TPSA) is 71.6 Å². The molecule has 1 amide bonds. The first-order valence-electron chi connectivity index (χ1n) is 10.4. The fourth-order valence-electron chi connectivity index (χ4n) is 4.12. The van der Waals surface area contributed by atoms with Gasteiger partial charge in [0.05, 0.1) is 6.04 Å². The Balaban J connectivity index is 1.30. The van der Waals surface area contributed by atoms with Gasteiger partial charge in [-0.25, -0.2) is 5.43 Å². The Labute approximate surface area is 171 Å². The van der Waals surface area contributed by atoms with E-state index in [0.717, 1.165) is 31.8 Å². The third-order valence-corrected chi connectivity index (χ3v) is 5.93. The summed E-state index contributed by atoms with van der Waals surface area (Å²) in [5.74, 6) is 0.869. The van der Waals surface area contributed by atoms with E-state index in [1.54, 1.807) is 0 Å². The molecule has 2 unspecified atom stereocenters. The lowest BCUT2D eigenvalue weighted by atomic mass is 9.74. The van der Waals surface area contributed by atoms with Gasteiger partial charge in [0, 0.05) is 25.2 Å². The summed E-state index contributed by atoms with van der Waals surface area (Å²) in [4.78, 5) is 12.8. The molecule has 2 heterocycles. The zero-order valence-corrected chi connectivity index (χ0v) is 16.6. The highest BCUT2D eigenvalue weighted by Crippen LogP contribution is 2.34. The van der Waals surface area contributed by atoms with Gasteiger partial charge in [-0.05, 0) is 37.0 Å². The number of hydrogen-bond donors (Lipinski definition) is 3. The van der Waals surface area contributed by atoms with Gasteiger partial charge in [-0.2, -0.15) is 0 Å². The minimum absolute atomic E-state index is 0.0292. The predicted octanol–water partition coefficient (Wildman–Crippen LogP) is 2.17. The van der Waals surface area contributed by atoms with Gasteiger partial charge in [-0.15, -0.1) is 0 Å². The first-order valence-corrected chi connectivity index (χ1v) is 10.4. The molecule has 0 aliphatic carbocycles. The summed E-state index contributed by atoms with van der Waals surface area (Å²) in [6.45, 7) is 2.61. The number of amides is 1. The maximum absolute atomic E-state index is 12.8. The predicted molar refractivity (Wildman–Crippen MR) is 112 cm³/mol. The SMILES string of the molecule is O=C(NCC1(c2ccccc2)CCOCC1)C1CC(COc2ccccc2)NN1. The Morgan fingerprint density at radius 2 is 1.72 bits per heavy atom. The molecule has 4 rings (SSSR count). The number of para-hydroxylation sites is 1. The van der Waals surface area contributed by atoms with Crippen molar-refractivity contribution in [3.63, 3.8) is 0 Å². The van der Waals surface area contributed by atoms with Crippen LogP contribution in [0.2, 0.25) is 0 Å². The monoisotopic (exact) mass is 395 g/mol. The third-order valence-electron chi connectivity index (χ3n) is 5.93. The van der Waals surface area contributed by atoms with Crippen molar-refractivity contribution < 1.29 is 14.3 Å². The van der Waals surface area contributed by atoms with Crippen LogP contribution in [-0.4, -0.2) is 44.4 Å². The molecular formula is C23H29N3O3. The van der Waals surface area contributed by atoms with Gasteiger partial charge in [0.15, 0.2) is 0 Å². The minimum atomic E-state index is -0.257. The Morgan fingerprint density at radius 1 is 1.03 bits per heavy atom. The zero-order chi connectivity index (χ0) is 19.9. The van der Waals surface area contributed by atoms with Gasteiger partial charge in [-0.3, -0.25) is 10.2 Å². The van der Waals surface area contributed by atoms with E-state index in [4.69, 9.17) is 9.47 Å². The van der Waals surface area contributed by atoms with Crippen molar-refractivity contribution in [3.05, 3.63) is 66.2 Å². The van der Waals surface area contributed by atoms with Crippen LogP contribution in [0.4, 0.5) is 0 Å². The molecule has 0 bridgehead atoms. The van der Waals surface area contributed by atoms with E-state index < -0.39 is 0 Å². The maximum Gasteiger partial charge on any atom is 0.238 e. The smallest absolute Gasteiger partial charge is 0.238 e. The van der Waals surface area contributed by atoms with Gasteiger partial charge >= 0.3 is 0 Å². The maximum atomic E-state index is 12.8. The summed E-state index contributed by atoms with van der Waals surface area (Å²) in [6, 6.07) is 20.0. The molecule has 2 aromatic rings. The highest BCUT2D eigenvalue weighted by atomic mass is 16.5. The molecule has 0 radical (unpaired) electrons. The molecule has 154 valence electrons. The van der Waals surface area contributed by atoms with Crippen molar-refractivity contribution in [2.75, 3.05) is 26.4 Å². The van der Waals surface area contributed by atoms with Crippen molar-refractivity contribution in [2.45, 2.75) is 36.8 Å². The van der Waals surface area contributed by atoms with Gasteiger partial charge in [0.2, 0.25) is 5.91 Å². The first-order chi connectivity index (χ1) is 14.3. The van der Waals surface area contributed by atoms with Crippen LogP contribution in [0.5, 0.6) is 5.75 Å². The van der Waals surface area contributed by atoms with E-state index in [0.29, 0.717) is 19.6 Å². The lowest BCUT2D eigenvalue weighted by molar-refractivity contribution is -0.123. The van der Waals surface area contributed by atoms with E-state index in [1.165, 1.54) is 5.56 Å². The molecule has 6 heteroatoms. The zero-order valence-electron chi connectivity index (χ0n) is 16.6. The van der Waals surface area contributed by atoms with E-state index in [1.807, 2.05) is 36.4 Å². The fraction of sp³-hybridized carbons (Fsp3) is 0.435. The van der Waals surface area contributed by atoms with E-state index in [2.05, 4.69) is 40.4 Å². The number of benzene rings is 2. The third kappa shape index (κ3) is 4.96. The van der Waals surface area contributed by atoms with Crippen LogP contribution in [0.1, 0.15) is 24.8 Å². The molecular weight excluding hydrogens is 366 g/mol. The second-order valence-corrected chi connectivity index (χ2v) is 7.87. The molecule has 0 spiro atoms. The quantitative estimate of drug-likeness (QED) is 0.670. The number of hydrogen-bond acceptors (Lipinski definition) is 5. The van der Waals surface area contributed by atoms with Gasteiger partial charge in [-0.1, -0.05) is 48.5 Å². The lowest BCUT2D eigenvalue weighted by Gasteiger charge is -2.38. The van der Waals surface area contributed by atoms with Crippen LogP contribution in [0, 0.1) is 0 Å². The molecule has 3 N–H and O–H groups in total. The molecule has 2 fully saturated rings. The van der Waals surface area contributed by atoms with Crippen LogP contribution >= 0.6 is 0 Å². The molecule has 2 atom stereocenters. The largest absolute Gasteiger partial charge is 0.492 e. The fourth-order valence-corrected chi connectivity index (χ4v) is 4.12. The van der Waals surface area contributed by atoms with Crippen LogP contribution in [0.25, 0.3) is 0 Å². The van der Waals surface area contributed by atoms with Crippen molar-refractivity contribution in [1.29, 1.82) is 0 Å². The van der Waals surface area contributed by atoms with E-state index in [-0.39, 0.29) is 23.4 Å². The first kappa shape index (κ1) is 19.9. The molecule has 2 aliphatic heterocycles. The Kier molecular flexibility index (Phi) is 6.44. The summed E-state index contributed by atoms with van der Waals surface area (Å²) in [5, 5.41) is 3.19. The van der Waals surface area contributed by atoms with Crippen molar-refractivity contribution in [1.82, 2.24) is 16.2 Å². The Hall–Kier alpha value is -2.41. The highest BCUT2D eigenvalue weighted by Gasteiger charge is 2.36. The Morgan fingerprint density at radius 3 is 2.45 bits per heavy atom. The molecule has 2 aromatic carbocycles. The second-order valence-electron chi connectivity index (χ2n) is 7.87. The average Bonchev–Trinajstić information content (AvgIpc) is 3.27. The van der Waals surface area contributed by atoms with Crippen LogP contribution in [0.3, 0.4) is 0 Å². The summed E-state index contributed by atoms with van der Waals surface area (Å²) in [7, 11) is 0. The van der Waals surface area contributed by atoms with Gasteiger partial charge < -0.3 is 14.8 Å². The molecule has 2 aliphatic rings. The van der Waals surface area contributed by atoms with E-state index >= 15 is 0 Å². The van der Waals surface area contributed by atoms with Crippen LogP contribution in [0.15, 0.2) is 60.7 Å². The summed E-state index contributed by atoms with van der Waals surface area (Å²) in [6.07, 6.45) is 2.53. The number of hydrazine groups is 1. The summed E-state index contributed by atoms with van der Waals surface area (Å²) in [5.41, 5.74) is 7.51. The molecule has 0 aromatic heterocycles. The number of nitrogens with one attached hydrogen (secondary N) is 3. The van der Waals surface area contributed by atoms with E-state index in [9.17, 15) is 4.79 Å². The molecule has 0 saturated carbocycles. The summed E-state index contributed by atoms with van der Waals surface area (Å²) >= 11 is 0. The van der Waals surface area contributed by atoms with Crippen molar-refractivity contribution in [2.24, 2.45) is 0 Å². The van der Waals surface area contributed by atoms with Gasteiger partial charge in [0.1, 0.15) is 18.4 Å². The normalized spacial score (nSPS) is 23.4. The number of carbonyl (C=O) groups excluding carboxylic acids is 1. The van der Waals surface area contributed by atoms with Crippen molar-refractivity contribution in [3.8, 4) is 5.75 Å². The second kappa shape index (κ2) is 9.39. The Bertz CT molecular complexity index is 778. The number of rotatable bonds is 7. The lowest BCUT2D eigenvalue weighted by Crippen LogP contribution is -2.49. The minimum Gasteiger partial charge on any atom is -0.492 e. The number of carbonyl (C=O) groups is 1.